The Morgan fingerprint density at radius 2 is 2.00 bits per heavy atom. The van der Waals surface area contributed by atoms with Crippen molar-refractivity contribution < 1.29 is 4.79 Å². The standard InChI is InChI=1S/C22H18ClN3OS2/c1-15-4-9-19-20(11-15)29-22(25-19)26(13-16-3-2-10-24-12-16)21(27)14-28-18-7-5-17(23)6-8-18/h2-12H,13-14H2,1H3. The second-order valence-electron chi connectivity index (χ2n) is 6.55. The number of thioether (sulfide) groups is 1. The first-order valence-corrected chi connectivity index (χ1v) is 11.2. The summed E-state index contributed by atoms with van der Waals surface area (Å²) in [7, 11) is 0. The maximum absolute atomic E-state index is 13.2. The van der Waals surface area contributed by atoms with Gasteiger partial charge < -0.3 is 0 Å². The van der Waals surface area contributed by atoms with Crippen LogP contribution in [0.2, 0.25) is 5.02 Å². The molecule has 0 N–H and O–H groups in total. The molecule has 2 heterocycles. The zero-order chi connectivity index (χ0) is 20.2. The number of aromatic nitrogens is 2. The molecular weight excluding hydrogens is 422 g/mol. The van der Waals surface area contributed by atoms with E-state index in [9.17, 15) is 4.79 Å². The zero-order valence-corrected chi connectivity index (χ0v) is 18.1. The molecule has 0 aliphatic heterocycles. The van der Waals surface area contributed by atoms with E-state index in [1.807, 2.05) is 48.5 Å². The quantitative estimate of drug-likeness (QED) is 0.347. The van der Waals surface area contributed by atoms with E-state index in [0.717, 1.165) is 20.7 Å². The van der Waals surface area contributed by atoms with E-state index in [1.165, 1.54) is 28.7 Å². The molecule has 4 aromatic rings. The Morgan fingerprint density at radius 3 is 2.76 bits per heavy atom. The maximum atomic E-state index is 13.2. The summed E-state index contributed by atoms with van der Waals surface area (Å²) in [6.07, 6.45) is 3.51. The van der Waals surface area contributed by atoms with E-state index >= 15 is 0 Å². The van der Waals surface area contributed by atoms with Gasteiger partial charge >= 0.3 is 0 Å². The van der Waals surface area contributed by atoms with Gasteiger partial charge in [-0.2, -0.15) is 0 Å². The number of benzene rings is 2. The summed E-state index contributed by atoms with van der Waals surface area (Å²) in [6, 6.07) is 17.5. The number of carbonyl (C=O) groups is 1. The lowest BCUT2D eigenvalue weighted by atomic mass is 10.2. The fourth-order valence-corrected chi connectivity index (χ4v) is 4.81. The Bertz CT molecular complexity index is 1130. The zero-order valence-electron chi connectivity index (χ0n) is 15.7. The van der Waals surface area contributed by atoms with Crippen LogP contribution in [0.15, 0.2) is 71.9 Å². The first-order valence-electron chi connectivity index (χ1n) is 9.03. The largest absolute Gasteiger partial charge is 0.283 e. The van der Waals surface area contributed by atoms with Gasteiger partial charge in [0.2, 0.25) is 5.91 Å². The monoisotopic (exact) mass is 439 g/mol. The van der Waals surface area contributed by atoms with Crippen LogP contribution in [-0.4, -0.2) is 21.6 Å². The molecule has 0 atom stereocenters. The van der Waals surface area contributed by atoms with Gasteiger partial charge in [0.05, 0.1) is 22.5 Å². The van der Waals surface area contributed by atoms with Crippen molar-refractivity contribution in [1.82, 2.24) is 9.97 Å². The van der Waals surface area contributed by atoms with Crippen molar-refractivity contribution in [3.63, 3.8) is 0 Å². The third-order valence-corrected chi connectivity index (χ3v) is 6.59. The van der Waals surface area contributed by atoms with Gasteiger partial charge in [0.25, 0.3) is 0 Å². The predicted octanol–water partition coefficient (Wildman–Crippen LogP) is 5.98. The average Bonchev–Trinajstić information content (AvgIpc) is 3.15. The SMILES string of the molecule is Cc1ccc2nc(N(Cc3cccnc3)C(=O)CSc3ccc(Cl)cc3)sc2c1. The average molecular weight is 440 g/mol. The van der Waals surface area contributed by atoms with Crippen molar-refractivity contribution in [1.29, 1.82) is 0 Å². The number of hydrogen-bond acceptors (Lipinski definition) is 5. The van der Waals surface area contributed by atoms with Crippen molar-refractivity contribution in [2.75, 3.05) is 10.7 Å². The van der Waals surface area contributed by atoms with Gasteiger partial charge in [0.15, 0.2) is 5.13 Å². The van der Waals surface area contributed by atoms with Crippen LogP contribution in [0.5, 0.6) is 0 Å². The molecule has 4 rings (SSSR count). The van der Waals surface area contributed by atoms with E-state index in [0.29, 0.717) is 22.5 Å². The van der Waals surface area contributed by atoms with Crippen molar-refractivity contribution in [2.24, 2.45) is 0 Å². The molecular formula is C22H18ClN3OS2. The van der Waals surface area contributed by atoms with Crippen molar-refractivity contribution in [3.05, 3.63) is 83.1 Å². The van der Waals surface area contributed by atoms with Gasteiger partial charge in [-0.05, 0) is 60.5 Å². The molecule has 0 aliphatic carbocycles. The van der Waals surface area contributed by atoms with E-state index in [-0.39, 0.29) is 5.91 Å². The first kappa shape index (κ1) is 19.9. The molecule has 2 aromatic carbocycles. The molecule has 2 aromatic heterocycles. The van der Waals surface area contributed by atoms with Crippen LogP contribution in [0.1, 0.15) is 11.1 Å². The number of hydrogen-bond donors (Lipinski definition) is 0. The van der Waals surface area contributed by atoms with Crippen LogP contribution in [-0.2, 0) is 11.3 Å². The highest BCUT2D eigenvalue weighted by Gasteiger charge is 2.20. The Kier molecular flexibility index (Phi) is 6.13. The number of fused-ring (bicyclic) bond motifs is 1. The summed E-state index contributed by atoms with van der Waals surface area (Å²) in [5.74, 6) is 0.321. The highest BCUT2D eigenvalue weighted by Crippen LogP contribution is 2.31. The minimum atomic E-state index is 0.00424. The minimum absolute atomic E-state index is 0.00424. The lowest BCUT2D eigenvalue weighted by Crippen LogP contribution is -2.31. The number of rotatable bonds is 6. The van der Waals surface area contributed by atoms with Gasteiger partial charge in [0.1, 0.15) is 0 Å². The molecule has 0 radical (unpaired) electrons. The van der Waals surface area contributed by atoms with Crippen LogP contribution in [0, 0.1) is 6.92 Å². The number of carbonyl (C=O) groups excluding carboxylic acids is 1. The number of amides is 1. The van der Waals surface area contributed by atoms with Gasteiger partial charge in [-0.15, -0.1) is 11.8 Å². The molecule has 29 heavy (non-hydrogen) atoms. The van der Waals surface area contributed by atoms with Crippen LogP contribution >= 0.6 is 34.7 Å². The normalized spacial score (nSPS) is 11.0. The first-order chi connectivity index (χ1) is 14.1. The molecule has 0 fully saturated rings. The highest BCUT2D eigenvalue weighted by atomic mass is 35.5. The van der Waals surface area contributed by atoms with E-state index < -0.39 is 0 Å². The number of nitrogens with zero attached hydrogens (tertiary/aromatic N) is 3. The van der Waals surface area contributed by atoms with E-state index in [1.54, 1.807) is 17.3 Å². The lowest BCUT2D eigenvalue weighted by molar-refractivity contribution is -0.116. The lowest BCUT2D eigenvalue weighted by Gasteiger charge is -2.19. The molecule has 0 aliphatic rings. The van der Waals surface area contributed by atoms with Crippen LogP contribution < -0.4 is 4.90 Å². The molecule has 0 saturated carbocycles. The number of pyridine rings is 1. The van der Waals surface area contributed by atoms with Gasteiger partial charge in [0, 0.05) is 22.3 Å². The van der Waals surface area contributed by atoms with Gasteiger partial charge in [-0.1, -0.05) is 35.1 Å². The summed E-state index contributed by atoms with van der Waals surface area (Å²) in [6.45, 7) is 2.49. The molecule has 1 amide bonds. The number of halogens is 1. The van der Waals surface area contributed by atoms with Crippen LogP contribution in [0.25, 0.3) is 10.2 Å². The van der Waals surface area contributed by atoms with E-state index in [4.69, 9.17) is 16.6 Å². The van der Waals surface area contributed by atoms with Crippen LogP contribution in [0.4, 0.5) is 5.13 Å². The third kappa shape index (κ3) is 4.96. The fraction of sp³-hybridized carbons (Fsp3) is 0.136. The second kappa shape index (κ2) is 8.95. The smallest absolute Gasteiger partial charge is 0.239 e. The molecule has 0 bridgehead atoms. The second-order valence-corrected chi connectivity index (χ2v) is 9.05. The number of anilines is 1. The van der Waals surface area contributed by atoms with Gasteiger partial charge in [-0.3, -0.25) is 14.7 Å². The molecule has 4 nitrogen and oxygen atoms in total. The fourth-order valence-electron chi connectivity index (χ4n) is 2.83. The Morgan fingerprint density at radius 1 is 1.17 bits per heavy atom. The van der Waals surface area contributed by atoms with Gasteiger partial charge in [-0.25, -0.2) is 4.98 Å². The maximum Gasteiger partial charge on any atom is 0.239 e. The molecule has 7 heteroatoms. The van der Waals surface area contributed by atoms with Crippen LogP contribution in [0.3, 0.4) is 0 Å². The van der Waals surface area contributed by atoms with Crippen molar-refractivity contribution in [3.8, 4) is 0 Å². The number of aryl methyl sites for hydroxylation is 1. The van der Waals surface area contributed by atoms with E-state index in [2.05, 4.69) is 18.0 Å². The van der Waals surface area contributed by atoms with Crippen molar-refractivity contribution >= 4 is 56.0 Å². The Hall–Kier alpha value is -2.41. The summed E-state index contributed by atoms with van der Waals surface area (Å²) in [4.78, 5) is 24.8. The minimum Gasteiger partial charge on any atom is -0.283 e. The summed E-state index contributed by atoms with van der Waals surface area (Å²) in [5.41, 5.74) is 3.05. The summed E-state index contributed by atoms with van der Waals surface area (Å²) >= 11 is 8.98. The Labute approximate surface area is 182 Å². The molecule has 0 unspecified atom stereocenters. The Balaban J connectivity index is 1.59. The molecule has 0 spiro atoms. The summed E-state index contributed by atoms with van der Waals surface area (Å²) < 4.78 is 1.08. The third-order valence-electron chi connectivity index (χ3n) is 4.30. The highest BCUT2D eigenvalue weighted by molar-refractivity contribution is 8.00. The number of thiazole rings is 1. The molecule has 0 saturated heterocycles. The molecule has 146 valence electrons. The summed E-state index contributed by atoms with van der Waals surface area (Å²) in [5, 5.41) is 1.39. The predicted molar refractivity (Wildman–Crippen MR) is 122 cm³/mol. The van der Waals surface area contributed by atoms with Crippen molar-refractivity contribution in [2.45, 2.75) is 18.4 Å². The topological polar surface area (TPSA) is 46.1 Å².